The summed E-state index contributed by atoms with van der Waals surface area (Å²) in [6.45, 7) is 12.1. The van der Waals surface area contributed by atoms with Crippen LogP contribution in [0.5, 0.6) is 0 Å². The van der Waals surface area contributed by atoms with E-state index in [4.69, 9.17) is 0 Å². The van der Waals surface area contributed by atoms with E-state index in [9.17, 15) is 10.2 Å². The molecule has 1 aromatic heterocycles. The van der Waals surface area contributed by atoms with E-state index in [0.717, 1.165) is 36.3 Å². The lowest BCUT2D eigenvalue weighted by Gasteiger charge is -2.63. The van der Waals surface area contributed by atoms with E-state index >= 15 is 0 Å². The lowest BCUT2D eigenvalue weighted by atomic mass is 9.43. The van der Waals surface area contributed by atoms with Gasteiger partial charge >= 0.3 is 0 Å². The SMILES string of the molecule is CC(C)CCC[C@@H](C)C1CCC2C3C(O)C(O)C4Cc5nnsc5CC4(C)C3CCC21C. The van der Waals surface area contributed by atoms with Crippen LogP contribution in [0.4, 0.5) is 0 Å². The highest BCUT2D eigenvalue weighted by Crippen LogP contribution is 2.68. The molecule has 0 aliphatic heterocycles. The Labute approximate surface area is 198 Å². The minimum atomic E-state index is -0.638. The van der Waals surface area contributed by atoms with Crippen molar-refractivity contribution in [2.24, 2.45) is 52.3 Å². The molecule has 0 saturated heterocycles. The van der Waals surface area contributed by atoms with E-state index < -0.39 is 12.2 Å². The lowest BCUT2D eigenvalue weighted by molar-refractivity contribution is -0.207. The fourth-order valence-electron chi connectivity index (χ4n) is 9.28. The predicted octanol–water partition coefficient (Wildman–Crippen LogP) is 5.52. The van der Waals surface area contributed by atoms with Crippen molar-refractivity contribution in [3.63, 3.8) is 0 Å². The summed E-state index contributed by atoms with van der Waals surface area (Å²) >= 11 is 1.55. The number of rotatable bonds is 5. The standard InChI is InChI=1S/C27H44N2O2S/c1-15(2)7-6-8-16(3)17-9-10-18-23-19(11-12-26(17,18)4)27(5)14-22-21(28-29-32-22)13-20(27)24(30)25(23)31/h15-20,23-25,30-31H,6-14H2,1-5H3/t16-,17?,18?,19?,20?,23?,24?,25?,26?,27?/m1/s1. The van der Waals surface area contributed by atoms with Gasteiger partial charge in [0, 0.05) is 4.88 Å². The molecule has 0 bridgehead atoms. The van der Waals surface area contributed by atoms with Crippen LogP contribution in [0, 0.1) is 52.3 Å². The van der Waals surface area contributed by atoms with Gasteiger partial charge in [-0.1, -0.05) is 58.4 Å². The van der Waals surface area contributed by atoms with Crippen molar-refractivity contribution in [3.8, 4) is 0 Å². The topological polar surface area (TPSA) is 66.2 Å². The molecule has 2 N–H and O–H groups in total. The molecule has 32 heavy (non-hydrogen) atoms. The first kappa shape index (κ1) is 23.2. The van der Waals surface area contributed by atoms with E-state index in [1.807, 2.05) is 0 Å². The second-order valence-electron chi connectivity index (χ2n) is 12.9. The number of hydrogen-bond acceptors (Lipinski definition) is 5. The zero-order valence-corrected chi connectivity index (χ0v) is 21.6. The first-order valence-corrected chi connectivity index (χ1v) is 14.1. The average Bonchev–Trinajstić information content (AvgIpc) is 3.33. The molecule has 1 heterocycles. The largest absolute Gasteiger partial charge is 0.390 e. The highest BCUT2D eigenvalue weighted by molar-refractivity contribution is 7.05. The van der Waals surface area contributed by atoms with E-state index in [-0.39, 0.29) is 17.3 Å². The summed E-state index contributed by atoms with van der Waals surface area (Å²) in [7, 11) is 0. The number of nitrogens with zero attached hydrogens (tertiary/aromatic N) is 2. The van der Waals surface area contributed by atoms with Crippen LogP contribution < -0.4 is 0 Å². The van der Waals surface area contributed by atoms with Crippen LogP contribution in [0.1, 0.15) is 90.1 Å². The second kappa shape index (κ2) is 8.30. The van der Waals surface area contributed by atoms with Gasteiger partial charge in [0.2, 0.25) is 0 Å². The number of aliphatic hydroxyl groups is 2. The average molecular weight is 461 g/mol. The number of fused-ring (bicyclic) bond motifs is 6. The van der Waals surface area contributed by atoms with Crippen molar-refractivity contribution in [2.45, 2.75) is 105 Å². The summed E-state index contributed by atoms with van der Waals surface area (Å²) in [5.74, 6) is 3.69. The fraction of sp³-hybridized carbons (Fsp3) is 0.926. The number of aromatic nitrogens is 2. The first-order valence-electron chi connectivity index (χ1n) is 13.3. The highest BCUT2D eigenvalue weighted by atomic mass is 32.1. The van der Waals surface area contributed by atoms with Crippen LogP contribution >= 0.6 is 11.5 Å². The predicted molar refractivity (Wildman–Crippen MR) is 129 cm³/mol. The molecule has 5 rings (SSSR count). The smallest absolute Gasteiger partial charge is 0.0839 e. The monoisotopic (exact) mass is 460 g/mol. The van der Waals surface area contributed by atoms with Gasteiger partial charge in [-0.25, -0.2) is 0 Å². The molecule has 3 saturated carbocycles. The van der Waals surface area contributed by atoms with Crippen molar-refractivity contribution < 1.29 is 10.2 Å². The Morgan fingerprint density at radius 1 is 0.969 bits per heavy atom. The third-order valence-electron chi connectivity index (χ3n) is 11.0. The molecular formula is C27H44N2O2S. The maximum atomic E-state index is 11.5. The summed E-state index contributed by atoms with van der Waals surface area (Å²) in [6, 6.07) is 0. The molecule has 9 unspecified atom stereocenters. The quantitative estimate of drug-likeness (QED) is 0.607. The first-order chi connectivity index (χ1) is 15.2. The van der Waals surface area contributed by atoms with Gasteiger partial charge in [-0.15, -0.1) is 5.10 Å². The third kappa shape index (κ3) is 3.43. The van der Waals surface area contributed by atoms with Crippen molar-refractivity contribution in [1.82, 2.24) is 9.59 Å². The van der Waals surface area contributed by atoms with Crippen molar-refractivity contribution in [1.29, 1.82) is 0 Å². The minimum Gasteiger partial charge on any atom is -0.390 e. The molecule has 10 atom stereocenters. The molecule has 4 aliphatic rings. The van der Waals surface area contributed by atoms with Gasteiger partial charge in [-0.3, -0.25) is 0 Å². The minimum absolute atomic E-state index is 0.0484. The molecule has 180 valence electrons. The highest BCUT2D eigenvalue weighted by Gasteiger charge is 2.65. The van der Waals surface area contributed by atoms with Crippen LogP contribution in [-0.4, -0.2) is 32.0 Å². The maximum Gasteiger partial charge on any atom is 0.0839 e. The van der Waals surface area contributed by atoms with E-state index in [0.29, 0.717) is 17.3 Å². The number of hydrogen-bond donors (Lipinski definition) is 2. The Morgan fingerprint density at radius 3 is 2.47 bits per heavy atom. The normalized spacial score (nSPS) is 46.3. The summed E-state index contributed by atoms with van der Waals surface area (Å²) in [4.78, 5) is 1.32. The molecule has 5 heteroatoms. The van der Waals surface area contributed by atoms with Gasteiger partial charge in [0.15, 0.2) is 0 Å². The van der Waals surface area contributed by atoms with Crippen LogP contribution in [0.3, 0.4) is 0 Å². The molecular weight excluding hydrogens is 416 g/mol. The van der Waals surface area contributed by atoms with Crippen molar-refractivity contribution >= 4 is 11.5 Å². The van der Waals surface area contributed by atoms with Crippen LogP contribution in [0.25, 0.3) is 0 Å². The molecule has 0 amide bonds. The Hall–Kier alpha value is -0.520. The van der Waals surface area contributed by atoms with E-state index in [2.05, 4.69) is 44.2 Å². The maximum absolute atomic E-state index is 11.5. The fourth-order valence-corrected chi connectivity index (χ4v) is 10.1. The summed E-state index contributed by atoms with van der Waals surface area (Å²) in [5, 5.41) is 27.3. The van der Waals surface area contributed by atoms with Gasteiger partial charge in [-0.2, -0.15) is 0 Å². The zero-order valence-electron chi connectivity index (χ0n) is 20.8. The molecule has 0 spiro atoms. The Balaban J connectivity index is 1.40. The molecule has 4 aliphatic carbocycles. The van der Waals surface area contributed by atoms with E-state index in [1.165, 1.54) is 49.8 Å². The third-order valence-corrected chi connectivity index (χ3v) is 11.7. The Kier molecular flexibility index (Phi) is 6.03. The lowest BCUT2D eigenvalue weighted by Crippen LogP contribution is -2.64. The van der Waals surface area contributed by atoms with Gasteiger partial charge in [0.1, 0.15) is 0 Å². The van der Waals surface area contributed by atoms with Crippen LogP contribution in [0.15, 0.2) is 0 Å². The van der Waals surface area contributed by atoms with Crippen molar-refractivity contribution in [3.05, 3.63) is 10.6 Å². The molecule has 0 radical (unpaired) electrons. The summed E-state index contributed by atoms with van der Waals surface area (Å²) < 4.78 is 4.22. The Bertz CT molecular complexity index is 826. The summed E-state index contributed by atoms with van der Waals surface area (Å²) in [6.07, 6.45) is 9.57. The zero-order chi connectivity index (χ0) is 22.8. The Morgan fingerprint density at radius 2 is 1.72 bits per heavy atom. The summed E-state index contributed by atoms with van der Waals surface area (Å²) in [5.41, 5.74) is 1.43. The van der Waals surface area contributed by atoms with Gasteiger partial charge < -0.3 is 10.2 Å². The van der Waals surface area contributed by atoms with Gasteiger partial charge in [-0.05, 0) is 102 Å². The number of aliphatic hydroxyl groups excluding tert-OH is 2. The van der Waals surface area contributed by atoms with E-state index in [1.54, 1.807) is 11.5 Å². The van der Waals surface area contributed by atoms with Gasteiger partial charge in [0.05, 0.1) is 17.9 Å². The molecule has 1 aromatic rings. The molecule has 3 fully saturated rings. The van der Waals surface area contributed by atoms with Crippen LogP contribution in [-0.2, 0) is 12.8 Å². The molecule has 4 nitrogen and oxygen atoms in total. The molecule has 0 aromatic carbocycles. The second-order valence-corrected chi connectivity index (χ2v) is 13.8. The van der Waals surface area contributed by atoms with Crippen LogP contribution in [0.2, 0.25) is 0 Å². The van der Waals surface area contributed by atoms with Gasteiger partial charge in [0.25, 0.3) is 0 Å². The van der Waals surface area contributed by atoms with Crippen molar-refractivity contribution in [2.75, 3.05) is 0 Å².